The van der Waals surface area contributed by atoms with Crippen LogP contribution in [0.4, 0.5) is 0 Å². The summed E-state index contributed by atoms with van der Waals surface area (Å²) >= 11 is 0. The van der Waals surface area contributed by atoms with E-state index in [0.29, 0.717) is 5.92 Å². The Balaban J connectivity index is 1.98. The van der Waals surface area contributed by atoms with E-state index in [-0.39, 0.29) is 0 Å². The predicted octanol–water partition coefficient (Wildman–Crippen LogP) is 2.47. The molecule has 1 aliphatic carbocycles. The van der Waals surface area contributed by atoms with Crippen molar-refractivity contribution in [1.82, 2.24) is 10.3 Å². The van der Waals surface area contributed by atoms with Gasteiger partial charge in [0.05, 0.1) is 18.5 Å². The smallest absolute Gasteiger partial charge is 0.121 e. The summed E-state index contributed by atoms with van der Waals surface area (Å²) in [5.74, 6) is 1.45. The average molecular weight is 228 g/mol. The summed E-state index contributed by atoms with van der Waals surface area (Å²) in [6, 6.07) is 6.28. The van der Waals surface area contributed by atoms with Gasteiger partial charge in [-0.05, 0) is 37.6 Å². The van der Waals surface area contributed by atoms with Crippen molar-refractivity contribution in [2.24, 2.45) is 0 Å². The Morgan fingerprint density at radius 3 is 3.29 bits per heavy atom. The summed E-state index contributed by atoms with van der Waals surface area (Å²) in [5.41, 5.74) is 3.90. The van der Waals surface area contributed by atoms with Crippen molar-refractivity contribution < 1.29 is 4.42 Å². The Morgan fingerprint density at radius 2 is 2.41 bits per heavy atom. The highest BCUT2D eigenvalue weighted by Crippen LogP contribution is 2.38. The third kappa shape index (κ3) is 1.76. The number of aromatic nitrogens is 1. The van der Waals surface area contributed by atoms with E-state index in [1.54, 1.807) is 6.26 Å². The Labute approximate surface area is 101 Å². The molecule has 0 aromatic carbocycles. The van der Waals surface area contributed by atoms with Gasteiger partial charge in [0.1, 0.15) is 5.76 Å². The molecule has 0 amide bonds. The normalized spacial score (nSPS) is 18.3. The van der Waals surface area contributed by atoms with Gasteiger partial charge in [-0.2, -0.15) is 0 Å². The van der Waals surface area contributed by atoms with Crippen molar-refractivity contribution in [3.05, 3.63) is 53.2 Å². The van der Waals surface area contributed by atoms with Gasteiger partial charge in [-0.15, -0.1) is 0 Å². The second-order valence-electron chi connectivity index (χ2n) is 4.47. The second kappa shape index (κ2) is 4.34. The first-order valence-electron chi connectivity index (χ1n) is 6.05. The van der Waals surface area contributed by atoms with E-state index in [0.717, 1.165) is 25.1 Å². The molecule has 2 aromatic heterocycles. The van der Waals surface area contributed by atoms with Crippen LogP contribution in [0.25, 0.3) is 0 Å². The molecule has 0 saturated heterocycles. The monoisotopic (exact) mass is 228 g/mol. The van der Waals surface area contributed by atoms with Crippen LogP contribution in [0, 0.1) is 0 Å². The van der Waals surface area contributed by atoms with Crippen LogP contribution in [0.2, 0.25) is 0 Å². The van der Waals surface area contributed by atoms with Gasteiger partial charge < -0.3 is 9.73 Å². The third-order valence-corrected chi connectivity index (χ3v) is 3.45. The summed E-state index contributed by atoms with van der Waals surface area (Å²) in [4.78, 5) is 4.54. The molecular formula is C14H16N2O. The minimum atomic E-state index is 0.410. The van der Waals surface area contributed by atoms with Crippen LogP contribution in [-0.2, 0) is 13.0 Å². The lowest BCUT2D eigenvalue weighted by Gasteiger charge is -2.10. The summed E-state index contributed by atoms with van der Waals surface area (Å²) in [7, 11) is 1.94. The van der Waals surface area contributed by atoms with Crippen molar-refractivity contribution in [3.8, 4) is 0 Å². The second-order valence-corrected chi connectivity index (χ2v) is 4.47. The number of pyridine rings is 1. The van der Waals surface area contributed by atoms with Crippen molar-refractivity contribution >= 4 is 0 Å². The molecular weight excluding hydrogens is 212 g/mol. The van der Waals surface area contributed by atoms with Crippen molar-refractivity contribution in [1.29, 1.82) is 0 Å². The maximum absolute atomic E-state index is 5.54. The lowest BCUT2D eigenvalue weighted by Crippen LogP contribution is -2.08. The Hall–Kier alpha value is -1.61. The zero-order valence-corrected chi connectivity index (χ0v) is 9.94. The SMILES string of the molecule is CNCc1occc1C1CCc2cccnc21. The zero-order chi connectivity index (χ0) is 11.7. The van der Waals surface area contributed by atoms with Gasteiger partial charge in [0.25, 0.3) is 0 Å². The summed E-state index contributed by atoms with van der Waals surface area (Å²) in [6.07, 6.45) is 5.93. The van der Waals surface area contributed by atoms with Crippen LogP contribution in [0.15, 0.2) is 35.1 Å². The topological polar surface area (TPSA) is 38.1 Å². The number of hydrogen-bond acceptors (Lipinski definition) is 3. The molecule has 2 aromatic rings. The number of hydrogen-bond donors (Lipinski definition) is 1. The highest BCUT2D eigenvalue weighted by Gasteiger charge is 2.27. The molecule has 17 heavy (non-hydrogen) atoms. The molecule has 3 rings (SSSR count). The number of aryl methyl sites for hydroxylation is 1. The van der Waals surface area contributed by atoms with E-state index in [2.05, 4.69) is 22.4 Å². The fourth-order valence-corrected chi connectivity index (χ4v) is 2.68. The highest BCUT2D eigenvalue weighted by atomic mass is 16.3. The number of nitrogens with one attached hydrogen (secondary N) is 1. The first-order valence-corrected chi connectivity index (χ1v) is 6.05. The molecule has 1 atom stereocenters. The van der Waals surface area contributed by atoms with Crippen LogP contribution >= 0.6 is 0 Å². The van der Waals surface area contributed by atoms with Crippen molar-refractivity contribution in [2.75, 3.05) is 7.05 Å². The molecule has 0 bridgehead atoms. The van der Waals surface area contributed by atoms with E-state index in [9.17, 15) is 0 Å². The van der Waals surface area contributed by atoms with E-state index in [4.69, 9.17) is 4.42 Å². The Kier molecular flexibility index (Phi) is 2.69. The lowest BCUT2D eigenvalue weighted by molar-refractivity contribution is 0.487. The zero-order valence-electron chi connectivity index (χ0n) is 9.94. The standard InChI is InChI=1S/C14H16N2O/c1-15-9-13-11(6-8-17-13)12-5-4-10-3-2-7-16-14(10)12/h2-3,6-8,12,15H,4-5,9H2,1H3. The Bertz CT molecular complexity index is 518. The van der Waals surface area contributed by atoms with Gasteiger partial charge in [0, 0.05) is 17.7 Å². The van der Waals surface area contributed by atoms with E-state index < -0.39 is 0 Å². The molecule has 3 heteroatoms. The molecule has 3 nitrogen and oxygen atoms in total. The largest absolute Gasteiger partial charge is 0.468 e. The molecule has 0 spiro atoms. The lowest BCUT2D eigenvalue weighted by atomic mass is 9.97. The first kappa shape index (κ1) is 10.5. The summed E-state index contributed by atoms with van der Waals surface area (Å²) in [6.45, 7) is 0.779. The molecule has 2 heterocycles. The van der Waals surface area contributed by atoms with Gasteiger partial charge >= 0.3 is 0 Å². The number of rotatable bonds is 3. The maximum Gasteiger partial charge on any atom is 0.121 e. The fourth-order valence-electron chi connectivity index (χ4n) is 2.68. The average Bonchev–Trinajstić information content (AvgIpc) is 2.95. The van der Waals surface area contributed by atoms with Gasteiger partial charge in [0.2, 0.25) is 0 Å². The Morgan fingerprint density at radius 1 is 1.47 bits per heavy atom. The quantitative estimate of drug-likeness (QED) is 0.877. The van der Waals surface area contributed by atoms with E-state index in [1.807, 2.05) is 19.3 Å². The fraction of sp³-hybridized carbons (Fsp3) is 0.357. The van der Waals surface area contributed by atoms with Gasteiger partial charge in [-0.1, -0.05) is 6.07 Å². The predicted molar refractivity (Wildman–Crippen MR) is 65.9 cm³/mol. The molecule has 0 fully saturated rings. The highest BCUT2D eigenvalue weighted by molar-refractivity contribution is 5.38. The molecule has 0 radical (unpaired) electrons. The van der Waals surface area contributed by atoms with Crippen LogP contribution < -0.4 is 5.32 Å². The molecule has 88 valence electrons. The summed E-state index contributed by atoms with van der Waals surface area (Å²) < 4.78 is 5.54. The number of fused-ring (bicyclic) bond motifs is 1. The van der Waals surface area contributed by atoms with Crippen molar-refractivity contribution in [2.45, 2.75) is 25.3 Å². The van der Waals surface area contributed by atoms with Gasteiger partial charge in [-0.25, -0.2) is 0 Å². The number of furan rings is 1. The number of nitrogens with zero attached hydrogens (tertiary/aromatic N) is 1. The minimum Gasteiger partial charge on any atom is -0.468 e. The van der Waals surface area contributed by atoms with Crippen LogP contribution in [0.1, 0.15) is 34.9 Å². The molecule has 1 unspecified atom stereocenters. The first-order chi connectivity index (χ1) is 8.40. The molecule has 1 aliphatic rings. The molecule has 0 aliphatic heterocycles. The molecule has 1 N–H and O–H groups in total. The van der Waals surface area contributed by atoms with E-state index >= 15 is 0 Å². The maximum atomic E-state index is 5.54. The van der Waals surface area contributed by atoms with E-state index in [1.165, 1.54) is 16.8 Å². The van der Waals surface area contributed by atoms with Crippen LogP contribution in [0.5, 0.6) is 0 Å². The van der Waals surface area contributed by atoms with Gasteiger partial charge in [0.15, 0.2) is 0 Å². The van der Waals surface area contributed by atoms with Crippen LogP contribution in [0.3, 0.4) is 0 Å². The third-order valence-electron chi connectivity index (χ3n) is 3.45. The van der Waals surface area contributed by atoms with Gasteiger partial charge in [-0.3, -0.25) is 4.98 Å². The van der Waals surface area contributed by atoms with Crippen molar-refractivity contribution in [3.63, 3.8) is 0 Å². The molecule has 0 saturated carbocycles. The summed E-state index contributed by atoms with van der Waals surface area (Å²) in [5, 5.41) is 3.14. The van der Waals surface area contributed by atoms with Crippen LogP contribution in [-0.4, -0.2) is 12.0 Å². The minimum absolute atomic E-state index is 0.410.